The highest BCUT2D eigenvalue weighted by Crippen LogP contribution is 2.21. The minimum Gasteiger partial charge on any atom is -0.329 e. The normalized spacial score (nSPS) is 13.4. The van der Waals surface area contributed by atoms with Crippen LogP contribution in [-0.2, 0) is 6.42 Å². The maximum Gasteiger partial charge on any atom is 0.0931 e. The summed E-state index contributed by atoms with van der Waals surface area (Å²) >= 11 is 7.51. The quantitative estimate of drug-likeness (QED) is 0.810. The minimum atomic E-state index is 0.417. The van der Waals surface area contributed by atoms with Crippen LogP contribution in [0.5, 0.6) is 0 Å². The summed E-state index contributed by atoms with van der Waals surface area (Å²) < 4.78 is 0.865. The van der Waals surface area contributed by atoms with Gasteiger partial charge in [0.2, 0.25) is 0 Å². The molecule has 0 fully saturated rings. The summed E-state index contributed by atoms with van der Waals surface area (Å²) in [6.45, 7) is 6.04. The summed E-state index contributed by atoms with van der Waals surface area (Å²) in [7, 11) is 0. The zero-order valence-corrected chi connectivity index (χ0v) is 10.9. The summed E-state index contributed by atoms with van der Waals surface area (Å²) in [5.41, 5.74) is 5.68. The van der Waals surface area contributed by atoms with E-state index in [1.54, 1.807) is 11.3 Å². The van der Waals surface area contributed by atoms with Crippen LogP contribution in [0.3, 0.4) is 0 Å². The van der Waals surface area contributed by atoms with Crippen molar-refractivity contribution in [1.82, 2.24) is 5.32 Å². The van der Waals surface area contributed by atoms with Crippen molar-refractivity contribution >= 4 is 22.9 Å². The Hall–Kier alpha value is -0.0900. The first-order valence-electron chi connectivity index (χ1n) is 5.31. The smallest absolute Gasteiger partial charge is 0.0931 e. The molecule has 0 aromatic carbocycles. The fourth-order valence-electron chi connectivity index (χ4n) is 1.46. The van der Waals surface area contributed by atoms with Gasteiger partial charge in [0.15, 0.2) is 0 Å². The monoisotopic (exact) mass is 246 g/mol. The number of hydrogen-bond donors (Lipinski definition) is 2. The summed E-state index contributed by atoms with van der Waals surface area (Å²) in [5, 5.41) is 3.47. The zero-order valence-electron chi connectivity index (χ0n) is 9.29. The fourth-order valence-corrected chi connectivity index (χ4v) is 2.55. The molecule has 4 heteroatoms. The van der Waals surface area contributed by atoms with E-state index < -0.39 is 0 Å². The highest BCUT2D eigenvalue weighted by Gasteiger charge is 2.09. The Morgan fingerprint density at radius 3 is 2.67 bits per heavy atom. The number of halogens is 1. The largest absolute Gasteiger partial charge is 0.329 e. The average molecular weight is 247 g/mol. The number of rotatable bonds is 6. The SMILES string of the molecule is CC(C)C(CN)NCCc1ccc(Cl)s1. The van der Waals surface area contributed by atoms with Gasteiger partial charge in [-0.3, -0.25) is 0 Å². The third-order valence-electron chi connectivity index (χ3n) is 2.47. The summed E-state index contributed by atoms with van der Waals surface area (Å²) in [6.07, 6.45) is 1.03. The summed E-state index contributed by atoms with van der Waals surface area (Å²) in [5.74, 6) is 0.585. The lowest BCUT2D eigenvalue weighted by Crippen LogP contribution is -2.41. The van der Waals surface area contributed by atoms with Crippen molar-refractivity contribution < 1.29 is 0 Å². The number of nitrogens with two attached hydrogens (primary N) is 1. The molecular formula is C11H19ClN2S. The van der Waals surface area contributed by atoms with Gasteiger partial charge in [0, 0.05) is 24.0 Å². The molecule has 1 heterocycles. The van der Waals surface area contributed by atoms with Crippen LogP contribution in [0, 0.1) is 5.92 Å². The van der Waals surface area contributed by atoms with E-state index in [4.69, 9.17) is 17.3 Å². The zero-order chi connectivity index (χ0) is 11.3. The molecular weight excluding hydrogens is 228 g/mol. The first-order chi connectivity index (χ1) is 7.13. The Morgan fingerprint density at radius 1 is 1.47 bits per heavy atom. The molecule has 0 radical (unpaired) electrons. The highest BCUT2D eigenvalue weighted by molar-refractivity contribution is 7.16. The molecule has 1 unspecified atom stereocenters. The van der Waals surface area contributed by atoms with Crippen molar-refractivity contribution in [3.8, 4) is 0 Å². The molecule has 0 saturated heterocycles. The molecule has 0 saturated carbocycles. The first kappa shape index (κ1) is 13.0. The van der Waals surface area contributed by atoms with Crippen LogP contribution >= 0.6 is 22.9 Å². The molecule has 0 spiro atoms. The summed E-state index contributed by atoms with van der Waals surface area (Å²) in [6, 6.07) is 4.45. The molecule has 0 aliphatic heterocycles. The van der Waals surface area contributed by atoms with Crippen LogP contribution in [0.25, 0.3) is 0 Å². The van der Waals surface area contributed by atoms with Crippen molar-refractivity contribution in [3.63, 3.8) is 0 Å². The maximum atomic E-state index is 5.86. The second-order valence-electron chi connectivity index (χ2n) is 4.00. The Bertz CT molecular complexity index is 286. The van der Waals surface area contributed by atoms with Crippen LogP contribution in [-0.4, -0.2) is 19.1 Å². The summed E-state index contributed by atoms with van der Waals surface area (Å²) in [4.78, 5) is 1.33. The Kier molecular flexibility index (Phi) is 5.61. The molecule has 1 aromatic rings. The standard InChI is InChI=1S/C11H19ClN2S/c1-8(2)10(7-13)14-6-5-9-3-4-11(12)15-9/h3-4,8,10,14H,5-7,13H2,1-2H3. The van der Waals surface area contributed by atoms with E-state index in [1.807, 2.05) is 6.07 Å². The second kappa shape index (κ2) is 6.48. The Labute approximate surface area is 101 Å². The molecule has 0 aliphatic rings. The topological polar surface area (TPSA) is 38.0 Å². The predicted molar refractivity (Wildman–Crippen MR) is 68.7 cm³/mol. The van der Waals surface area contributed by atoms with E-state index >= 15 is 0 Å². The number of nitrogens with one attached hydrogen (secondary N) is 1. The third kappa shape index (κ3) is 4.51. The van der Waals surface area contributed by atoms with Crippen LogP contribution in [0.1, 0.15) is 18.7 Å². The lowest BCUT2D eigenvalue weighted by molar-refractivity contribution is 0.409. The maximum absolute atomic E-state index is 5.86. The van der Waals surface area contributed by atoms with Gasteiger partial charge in [0.25, 0.3) is 0 Å². The molecule has 15 heavy (non-hydrogen) atoms. The van der Waals surface area contributed by atoms with E-state index in [-0.39, 0.29) is 0 Å². The molecule has 1 atom stereocenters. The Balaban J connectivity index is 2.26. The second-order valence-corrected chi connectivity index (χ2v) is 5.80. The number of thiophene rings is 1. The molecule has 0 amide bonds. The molecule has 1 rings (SSSR count). The molecule has 2 nitrogen and oxygen atoms in total. The van der Waals surface area contributed by atoms with E-state index in [9.17, 15) is 0 Å². The van der Waals surface area contributed by atoms with Gasteiger partial charge >= 0.3 is 0 Å². The van der Waals surface area contributed by atoms with E-state index in [1.165, 1.54) is 4.88 Å². The third-order valence-corrected chi connectivity index (χ3v) is 3.76. The van der Waals surface area contributed by atoms with E-state index in [2.05, 4.69) is 25.2 Å². The predicted octanol–water partition coefficient (Wildman–Crippen LogP) is 2.52. The van der Waals surface area contributed by atoms with Gasteiger partial charge in [-0.25, -0.2) is 0 Å². The van der Waals surface area contributed by atoms with Crippen LogP contribution in [0.2, 0.25) is 4.34 Å². The van der Waals surface area contributed by atoms with Crippen LogP contribution < -0.4 is 11.1 Å². The van der Waals surface area contributed by atoms with Gasteiger partial charge in [-0.05, 0) is 24.5 Å². The molecule has 3 N–H and O–H groups in total. The van der Waals surface area contributed by atoms with Gasteiger partial charge in [0.1, 0.15) is 0 Å². The molecule has 0 aliphatic carbocycles. The van der Waals surface area contributed by atoms with Crippen LogP contribution in [0.4, 0.5) is 0 Å². The molecule has 86 valence electrons. The van der Waals surface area contributed by atoms with E-state index in [0.717, 1.165) is 17.3 Å². The lowest BCUT2D eigenvalue weighted by atomic mass is 10.0. The van der Waals surface area contributed by atoms with Crippen molar-refractivity contribution in [2.75, 3.05) is 13.1 Å². The van der Waals surface area contributed by atoms with Gasteiger partial charge in [0.05, 0.1) is 4.34 Å². The van der Waals surface area contributed by atoms with E-state index in [0.29, 0.717) is 18.5 Å². The first-order valence-corrected chi connectivity index (χ1v) is 6.50. The van der Waals surface area contributed by atoms with Gasteiger partial charge < -0.3 is 11.1 Å². The highest BCUT2D eigenvalue weighted by atomic mass is 35.5. The van der Waals surface area contributed by atoms with Crippen molar-refractivity contribution in [2.24, 2.45) is 11.7 Å². The average Bonchev–Trinajstić information content (AvgIpc) is 2.58. The van der Waals surface area contributed by atoms with Gasteiger partial charge in [-0.1, -0.05) is 25.4 Å². The fraction of sp³-hybridized carbons (Fsp3) is 0.636. The van der Waals surface area contributed by atoms with Gasteiger partial charge in [-0.2, -0.15) is 0 Å². The van der Waals surface area contributed by atoms with Crippen molar-refractivity contribution in [3.05, 3.63) is 21.3 Å². The van der Waals surface area contributed by atoms with Gasteiger partial charge in [-0.15, -0.1) is 11.3 Å². The minimum absolute atomic E-state index is 0.417. The Morgan fingerprint density at radius 2 is 2.20 bits per heavy atom. The molecule has 0 bridgehead atoms. The number of hydrogen-bond acceptors (Lipinski definition) is 3. The van der Waals surface area contributed by atoms with Crippen LogP contribution in [0.15, 0.2) is 12.1 Å². The van der Waals surface area contributed by atoms with Crippen molar-refractivity contribution in [2.45, 2.75) is 26.3 Å². The van der Waals surface area contributed by atoms with Crippen molar-refractivity contribution in [1.29, 1.82) is 0 Å². The molecule has 1 aromatic heterocycles. The lowest BCUT2D eigenvalue weighted by Gasteiger charge is -2.20.